The van der Waals surface area contributed by atoms with Crippen LogP contribution in [0.25, 0.3) is 0 Å². The van der Waals surface area contributed by atoms with Crippen LogP contribution in [0.3, 0.4) is 0 Å². The molecule has 1 amide bonds. The van der Waals surface area contributed by atoms with Crippen molar-refractivity contribution in [2.75, 3.05) is 11.9 Å². The minimum Gasteiger partial charge on any atom is -0.480 e. The Balaban J connectivity index is 1.29. The van der Waals surface area contributed by atoms with Crippen LogP contribution in [0.1, 0.15) is 61.9 Å². The van der Waals surface area contributed by atoms with Crippen molar-refractivity contribution in [2.24, 2.45) is 0 Å². The molecule has 31 heavy (non-hydrogen) atoms. The first kappa shape index (κ1) is 22.8. The monoisotopic (exact) mass is 423 g/mol. The molecule has 0 bridgehead atoms. The number of aromatic nitrogens is 1. The van der Waals surface area contributed by atoms with Crippen molar-refractivity contribution in [2.45, 2.75) is 70.3 Å². The quantitative estimate of drug-likeness (QED) is 0.447. The Morgan fingerprint density at radius 3 is 2.61 bits per heavy atom. The maximum absolute atomic E-state index is 12.1. The van der Waals surface area contributed by atoms with Crippen LogP contribution in [0.4, 0.5) is 5.69 Å². The number of benzene rings is 1. The van der Waals surface area contributed by atoms with Crippen molar-refractivity contribution in [3.63, 3.8) is 0 Å². The van der Waals surface area contributed by atoms with Gasteiger partial charge in [-0.15, -0.1) is 0 Å². The molecule has 1 atom stereocenters. The fraction of sp³-hybridized carbons (Fsp3) is 0.480. The number of nitrogens with one attached hydrogen (secondary N) is 2. The number of nitrogens with zero attached hydrogens (tertiary/aromatic N) is 1. The molecule has 0 fully saturated rings. The lowest BCUT2D eigenvalue weighted by Crippen LogP contribution is -2.41. The van der Waals surface area contributed by atoms with Crippen LogP contribution in [0, 0.1) is 0 Å². The molecule has 2 aromatic rings. The maximum atomic E-state index is 12.1. The minimum atomic E-state index is -0.964. The van der Waals surface area contributed by atoms with E-state index in [0.717, 1.165) is 69.2 Å². The van der Waals surface area contributed by atoms with E-state index in [1.165, 1.54) is 11.4 Å². The van der Waals surface area contributed by atoms with Crippen molar-refractivity contribution in [1.29, 1.82) is 0 Å². The smallest absolute Gasteiger partial charge is 0.326 e. The second-order valence-electron chi connectivity index (χ2n) is 8.25. The first-order chi connectivity index (χ1) is 15.1. The molecule has 1 aromatic carbocycles. The lowest BCUT2D eigenvalue weighted by atomic mass is 10.0. The Labute approximate surface area is 184 Å². The number of carboxylic acid groups (broad SMARTS) is 1. The van der Waals surface area contributed by atoms with Crippen molar-refractivity contribution < 1.29 is 14.7 Å². The molecule has 0 saturated heterocycles. The summed E-state index contributed by atoms with van der Waals surface area (Å²) in [6, 6.07) is 12.8. The van der Waals surface area contributed by atoms with E-state index in [1.54, 1.807) is 0 Å². The Morgan fingerprint density at radius 1 is 1.03 bits per heavy atom. The van der Waals surface area contributed by atoms with Gasteiger partial charge in [-0.05, 0) is 49.8 Å². The summed E-state index contributed by atoms with van der Waals surface area (Å²) in [7, 11) is 0. The highest BCUT2D eigenvalue weighted by Gasteiger charge is 2.19. The van der Waals surface area contributed by atoms with Gasteiger partial charge in [0.1, 0.15) is 6.04 Å². The standard InChI is InChI=1S/C25H33N3O3/c29-24(18-19-10-5-4-6-11-19)28-23(25(30)31)13-8-3-1-2-7-12-20-15-16-21-22(27-20)14-9-17-26-21/h4-6,10-11,15-16,23,26H,1-3,7-9,12-14,17-18H2,(H,28,29)(H,30,31). The van der Waals surface area contributed by atoms with E-state index in [0.29, 0.717) is 6.42 Å². The average molecular weight is 424 g/mol. The van der Waals surface area contributed by atoms with E-state index >= 15 is 0 Å². The molecule has 2 heterocycles. The average Bonchev–Trinajstić information content (AvgIpc) is 2.78. The zero-order valence-corrected chi connectivity index (χ0v) is 18.1. The van der Waals surface area contributed by atoms with Gasteiger partial charge in [0.2, 0.25) is 5.91 Å². The summed E-state index contributed by atoms with van der Waals surface area (Å²) in [5, 5.41) is 15.5. The third-order valence-corrected chi connectivity index (χ3v) is 5.70. The first-order valence-corrected chi connectivity index (χ1v) is 11.4. The highest BCUT2D eigenvalue weighted by atomic mass is 16.4. The van der Waals surface area contributed by atoms with E-state index < -0.39 is 12.0 Å². The topological polar surface area (TPSA) is 91.3 Å². The lowest BCUT2D eigenvalue weighted by Gasteiger charge is -2.17. The zero-order chi connectivity index (χ0) is 21.9. The first-order valence-electron chi connectivity index (χ1n) is 11.4. The van der Waals surface area contributed by atoms with Gasteiger partial charge >= 0.3 is 5.97 Å². The Bertz CT molecular complexity index is 854. The number of hydrogen-bond donors (Lipinski definition) is 3. The Morgan fingerprint density at radius 2 is 1.81 bits per heavy atom. The van der Waals surface area contributed by atoms with Crippen molar-refractivity contribution in [3.8, 4) is 0 Å². The van der Waals surface area contributed by atoms with Gasteiger partial charge in [0.25, 0.3) is 0 Å². The van der Waals surface area contributed by atoms with Gasteiger partial charge in [0, 0.05) is 12.2 Å². The molecule has 6 heteroatoms. The van der Waals surface area contributed by atoms with E-state index in [2.05, 4.69) is 22.8 Å². The maximum Gasteiger partial charge on any atom is 0.326 e. The minimum absolute atomic E-state index is 0.206. The van der Waals surface area contributed by atoms with E-state index in [4.69, 9.17) is 4.98 Å². The van der Waals surface area contributed by atoms with Crippen molar-refractivity contribution >= 4 is 17.6 Å². The largest absolute Gasteiger partial charge is 0.480 e. The molecular formula is C25H33N3O3. The molecule has 3 N–H and O–H groups in total. The molecule has 0 aliphatic carbocycles. The van der Waals surface area contributed by atoms with Crippen molar-refractivity contribution in [3.05, 3.63) is 59.4 Å². The van der Waals surface area contributed by atoms with Gasteiger partial charge in [0.05, 0.1) is 17.8 Å². The highest BCUT2D eigenvalue weighted by molar-refractivity contribution is 5.84. The number of rotatable bonds is 12. The molecular weight excluding hydrogens is 390 g/mol. The summed E-state index contributed by atoms with van der Waals surface area (Å²) in [6.45, 7) is 1.04. The SMILES string of the molecule is O=C(Cc1ccccc1)NC(CCCCCCCc1ccc2c(n1)CCCN2)C(=O)O. The van der Waals surface area contributed by atoms with Crippen molar-refractivity contribution in [1.82, 2.24) is 10.3 Å². The van der Waals surface area contributed by atoms with E-state index in [-0.39, 0.29) is 12.3 Å². The number of carbonyl (C=O) groups excluding carboxylic acids is 1. The van der Waals surface area contributed by atoms with Gasteiger partial charge in [0.15, 0.2) is 0 Å². The summed E-state index contributed by atoms with van der Waals surface area (Å²) < 4.78 is 0. The molecule has 6 nitrogen and oxygen atoms in total. The van der Waals surface area contributed by atoms with Crippen LogP contribution in [-0.4, -0.2) is 34.6 Å². The molecule has 0 spiro atoms. The van der Waals surface area contributed by atoms with Crippen LogP contribution in [-0.2, 0) is 28.9 Å². The van der Waals surface area contributed by atoms with Gasteiger partial charge in [-0.2, -0.15) is 0 Å². The summed E-state index contributed by atoms with van der Waals surface area (Å²) in [5.74, 6) is -1.21. The predicted octanol–water partition coefficient (Wildman–Crippen LogP) is 4.13. The number of carbonyl (C=O) groups is 2. The highest BCUT2D eigenvalue weighted by Crippen LogP contribution is 2.20. The number of aryl methyl sites for hydroxylation is 2. The van der Waals surface area contributed by atoms with Crippen LogP contribution in [0.5, 0.6) is 0 Å². The van der Waals surface area contributed by atoms with Crippen LogP contribution < -0.4 is 10.6 Å². The van der Waals surface area contributed by atoms with Crippen LogP contribution in [0.2, 0.25) is 0 Å². The third-order valence-electron chi connectivity index (χ3n) is 5.70. The number of unbranched alkanes of at least 4 members (excludes halogenated alkanes) is 4. The second kappa shape index (κ2) is 12.1. The van der Waals surface area contributed by atoms with Gasteiger partial charge in [-0.3, -0.25) is 9.78 Å². The van der Waals surface area contributed by atoms with E-state index in [1.807, 2.05) is 30.3 Å². The fourth-order valence-electron chi connectivity index (χ4n) is 3.99. The summed E-state index contributed by atoms with van der Waals surface area (Å²) in [6.07, 6.45) is 8.90. The van der Waals surface area contributed by atoms with Gasteiger partial charge in [-0.1, -0.05) is 56.0 Å². The molecule has 0 radical (unpaired) electrons. The molecule has 166 valence electrons. The molecule has 0 saturated carbocycles. The predicted molar refractivity (Wildman–Crippen MR) is 122 cm³/mol. The number of aliphatic carboxylic acids is 1. The summed E-state index contributed by atoms with van der Waals surface area (Å²) in [5.41, 5.74) is 4.42. The van der Waals surface area contributed by atoms with Crippen LogP contribution >= 0.6 is 0 Å². The molecule has 1 aliphatic rings. The Hall–Kier alpha value is -2.89. The fourth-order valence-corrected chi connectivity index (χ4v) is 3.99. The summed E-state index contributed by atoms with van der Waals surface area (Å²) >= 11 is 0. The number of hydrogen-bond acceptors (Lipinski definition) is 4. The number of anilines is 1. The molecule has 3 rings (SSSR count). The Kier molecular flexibility index (Phi) is 8.88. The molecule has 1 aliphatic heterocycles. The molecule has 1 unspecified atom stereocenters. The number of carboxylic acids is 1. The van der Waals surface area contributed by atoms with Gasteiger partial charge < -0.3 is 15.7 Å². The van der Waals surface area contributed by atoms with E-state index in [9.17, 15) is 14.7 Å². The number of pyridine rings is 1. The third kappa shape index (κ3) is 7.70. The number of fused-ring (bicyclic) bond motifs is 1. The lowest BCUT2D eigenvalue weighted by molar-refractivity contribution is -0.142. The second-order valence-corrected chi connectivity index (χ2v) is 8.25. The summed E-state index contributed by atoms with van der Waals surface area (Å²) in [4.78, 5) is 28.4. The molecule has 1 aromatic heterocycles. The zero-order valence-electron chi connectivity index (χ0n) is 18.1. The van der Waals surface area contributed by atoms with Gasteiger partial charge in [-0.25, -0.2) is 4.79 Å². The normalized spacial score (nSPS) is 13.7. The van der Waals surface area contributed by atoms with Crippen LogP contribution in [0.15, 0.2) is 42.5 Å². The number of amides is 1.